The molecule has 0 saturated carbocycles. The number of benzene rings is 1. The van der Waals surface area contributed by atoms with E-state index in [1.54, 1.807) is 29.5 Å². The number of carbonyl (C=O) groups is 1. The van der Waals surface area contributed by atoms with Gasteiger partial charge in [-0.3, -0.25) is 4.79 Å². The lowest BCUT2D eigenvalue weighted by Crippen LogP contribution is -2.33. The molecule has 100 valence electrons. The number of halogens is 2. The van der Waals surface area contributed by atoms with Crippen LogP contribution in [0, 0.1) is 0 Å². The third-order valence-electron chi connectivity index (χ3n) is 2.68. The molecule has 2 aromatic rings. The van der Waals surface area contributed by atoms with Crippen molar-refractivity contribution in [3.63, 3.8) is 0 Å². The second-order valence-corrected chi connectivity index (χ2v) is 6.38. The van der Waals surface area contributed by atoms with Crippen molar-refractivity contribution in [2.75, 3.05) is 0 Å². The van der Waals surface area contributed by atoms with Crippen LogP contribution in [0.4, 0.5) is 0 Å². The molecule has 1 aromatic heterocycles. The molecule has 0 aliphatic rings. The van der Waals surface area contributed by atoms with E-state index in [9.17, 15) is 4.79 Å². The zero-order valence-electron chi connectivity index (χ0n) is 10.3. The second-order valence-electron chi connectivity index (χ2n) is 4.34. The molecule has 19 heavy (non-hydrogen) atoms. The monoisotopic (exact) mass is 357 g/mol. The molecule has 1 heterocycles. The van der Waals surface area contributed by atoms with Crippen LogP contribution in [0.25, 0.3) is 0 Å². The molecule has 2 rings (SSSR count). The summed E-state index contributed by atoms with van der Waals surface area (Å²) in [5.74, 6) is -0.0999. The van der Waals surface area contributed by atoms with Crippen molar-refractivity contribution in [3.8, 4) is 0 Å². The molecule has 5 heteroatoms. The Morgan fingerprint density at radius 3 is 2.89 bits per heavy atom. The first-order valence-electron chi connectivity index (χ1n) is 5.83. The lowest BCUT2D eigenvalue weighted by atomic mass is 10.1. The van der Waals surface area contributed by atoms with Gasteiger partial charge in [0.2, 0.25) is 0 Å². The summed E-state index contributed by atoms with van der Waals surface area (Å²) >= 11 is 11.0. The molecule has 0 aliphatic heterocycles. The van der Waals surface area contributed by atoms with Gasteiger partial charge in [0.25, 0.3) is 5.91 Å². The smallest absolute Gasteiger partial charge is 0.251 e. The molecular weight excluding hydrogens is 346 g/mol. The minimum absolute atomic E-state index is 0.0875. The van der Waals surface area contributed by atoms with Gasteiger partial charge < -0.3 is 5.32 Å². The Bertz CT molecular complexity index is 571. The molecule has 2 nitrogen and oxygen atoms in total. The molecule has 1 aromatic carbocycles. The van der Waals surface area contributed by atoms with Crippen molar-refractivity contribution >= 4 is 44.8 Å². The van der Waals surface area contributed by atoms with Gasteiger partial charge in [-0.15, -0.1) is 0 Å². The van der Waals surface area contributed by atoms with Crippen LogP contribution in [0.1, 0.15) is 22.8 Å². The van der Waals surface area contributed by atoms with Crippen LogP contribution >= 0.6 is 38.9 Å². The van der Waals surface area contributed by atoms with E-state index in [1.807, 2.05) is 12.3 Å². The number of nitrogens with one attached hydrogen (secondary N) is 1. The highest BCUT2D eigenvalue weighted by Crippen LogP contribution is 2.23. The van der Waals surface area contributed by atoms with Crippen LogP contribution in [-0.4, -0.2) is 11.9 Å². The van der Waals surface area contributed by atoms with E-state index >= 15 is 0 Å². The molecular formula is C14H13BrClNOS. The maximum absolute atomic E-state index is 12.1. The quantitative estimate of drug-likeness (QED) is 0.855. The van der Waals surface area contributed by atoms with Gasteiger partial charge >= 0.3 is 0 Å². The second kappa shape index (κ2) is 6.55. The molecule has 1 unspecified atom stereocenters. The Morgan fingerprint density at radius 2 is 2.26 bits per heavy atom. The minimum atomic E-state index is -0.0999. The molecule has 1 amide bonds. The van der Waals surface area contributed by atoms with Crippen LogP contribution in [0.3, 0.4) is 0 Å². The Labute approximate surface area is 129 Å². The first-order valence-corrected chi connectivity index (χ1v) is 7.94. The van der Waals surface area contributed by atoms with E-state index < -0.39 is 0 Å². The molecule has 1 N–H and O–H groups in total. The molecule has 0 saturated heterocycles. The number of rotatable bonds is 4. The number of hydrogen-bond acceptors (Lipinski definition) is 2. The predicted molar refractivity (Wildman–Crippen MR) is 84.1 cm³/mol. The van der Waals surface area contributed by atoms with E-state index in [0.717, 1.165) is 10.9 Å². The fraction of sp³-hybridized carbons (Fsp3) is 0.214. The number of amides is 1. The van der Waals surface area contributed by atoms with E-state index in [0.29, 0.717) is 10.6 Å². The standard InChI is InChI=1S/C14H13BrClNOS/c1-9(6-10-4-5-19-8-10)17-14(18)11-2-3-12(15)13(16)7-11/h2-5,7-9H,6H2,1H3,(H,17,18). The van der Waals surface area contributed by atoms with Crippen LogP contribution in [-0.2, 0) is 6.42 Å². The van der Waals surface area contributed by atoms with Crippen molar-refractivity contribution in [1.82, 2.24) is 5.32 Å². The van der Waals surface area contributed by atoms with Crippen LogP contribution in [0.15, 0.2) is 39.5 Å². The maximum Gasteiger partial charge on any atom is 0.251 e. The minimum Gasteiger partial charge on any atom is -0.349 e. The predicted octanol–water partition coefficient (Wildman–Crippen LogP) is 4.53. The van der Waals surface area contributed by atoms with Crippen molar-refractivity contribution in [2.24, 2.45) is 0 Å². The van der Waals surface area contributed by atoms with E-state index in [-0.39, 0.29) is 11.9 Å². The third kappa shape index (κ3) is 4.06. The van der Waals surface area contributed by atoms with Gasteiger partial charge in [0.05, 0.1) is 5.02 Å². The highest BCUT2D eigenvalue weighted by molar-refractivity contribution is 9.10. The number of thiophene rings is 1. The first-order chi connectivity index (χ1) is 9.06. The summed E-state index contributed by atoms with van der Waals surface area (Å²) in [6.45, 7) is 2.00. The average molecular weight is 359 g/mol. The van der Waals surface area contributed by atoms with Crippen LogP contribution < -0.4 is 5.32 Å². The topological polar surface area (TPSA) is 29.1 Å². The fourth-order valence-corrected chi connectivity index (χ4v) is 2.87. The van der Waals surface area contributed by atoms with Crippen molar-refractivity contribution in [3.05, 3.63) is 55.6 Å². The van der Waals surface area contributed by atoms with Gasteiger partial charge in [-0.1, -0.05) is 11.6 Å². The first kappa shape index (κ1) is 14.6. The van der Waals surface area contributed by atoms with Crippen molar-refractivity contribution < 1.29 is 4.79 Å². The Kier molecular flexibility index (Phi) is 5.02. The summed E-state index contributed by atoms with van der Waals surface area (Å²) in [6, 6.07) is 7.36. The summed E-state index contributed by atoms with van der Waals surface area (Å²) in [6.07, 6.45) is 0.833. The highest BCUT2D eigenvalue weighted by Gasteiger charge is 2.11. The van der Waals surface area contributed by atoms with E-state index in [1.165, 1.54) is 5.56 Å². The molecule has 0 bridgehead atoms. The number of hydrogen-bond donors (Lipinski definition) is 1. The number of carbonyl (C=O) groups excluding carboxylic acids is 1. The SMILES string of the molecule is CC(Cc1ccsc1)NC(=O)c1ccc(Br)c(Cl)c1. The molecule has 0 aliphatic carbocycles. The summed E-state index contributed by atoms with van der Waals surface area (Å²) in [4.78, 5) is 12.1. The molecule has 0 radical (unpaired) electrons. The van der Waals surface area contributed by atoms with Gasteiger partial charge in [0.1, 0.15) is 0 Å². The van der Waals surface area contributed by atoms with Gasteiger partial charge in [0.15, 0.2) is 0 Å². The maximum atomic E-state index is 12.1. The van der Waals surface area contributed by atoms with Crippen molar-refractivity contribution in [1.29, 1.82) is 0 Å². The van der Waals surface area contributed by atoms with Crippen molar-refractivity contribution in [2.45, 2.75) is 19.4 Å². The molecule has 1 atom stereocenters. The summed E-state index contributed by atoms with van der Waals surface area (Å²) < 4.78 is 0.789. The van der Waals surface area contributed by atoms with Gasteiger partial charge in [-0.2, -0.15) is 11.3 Å². The summed E-state index contributed by atoms with van der Waals surface area (Å²) in [5.41, 5.74) is 1.82. The van der Waals surface area contributed by atoms with E-state index in [2.05, 4.69) is 32.7 Å². The van der Waals surface area contributed by atoms with Gasteiger partial charge in [-0.25, -0.2) is 0 Å². The van der Waals surface area contributed by atoms with E-state index in [4.69, 9.17) is 11.6 Å². The zero-order chi connectivity index (χ0) is 13.8. The van der Waals surface area contributed by atoms with Gasteiger partial charge in [0, 0.05) is 16.1 Å². The molecule has 0 spiro atoms. The molecule has 0 fully saturated rings. The lowest BCUT2D eigenvalue weighted by Gasteiger charge is -2.13. The Balaban J connectivity index is 1.98. The average Bonchev–Trinajstić information content (AvgIpc) is 2.85. The summed E-state index contributed by atoms with van der Waals surface area (Å²) in [7, 11) is 0. The zero-order valence-corrected chi connectivity index (χ0v) is 13.5. The highest BCUT2D eigenvalue weighted by atomic mass is 79.9. The van der Waals surface area contributed by atoms with Gasteiger partial charge in [-0.05, 0) is 69.9 Å². The largest absolute Gasteiger partial charge is 0.349 e. The summed E-state index contributed by atoms with van der Waals surface area (Å²) in [5, 5.41) is 7.65. The Hall–Kier alpha value is -0.840. The fourth-order valence-electron chi connectivity index (χ4n) is 1.76. The lowest BCUT2D eigenvalue weighted by molar-refractivity contribution is 0.0940. The third-order valence-corrected chi connectivity index (χ3v) is 4.65. The normalized spacial score (nSPS) is 12.2. The van der Waals surface area contributed by atoms with Crippen LogP contribution in [0.5, 0.6) is 0 Å². The van der Waals surface area contributed by atoms with Crippen LogP contribution in [0.2, 0.25) is 5.02 Å². The Morgan fingerprint density at radius 1 is 1.47 bits per heavy atom.